The number of alkyl halides is 1. The normalized spacial score (nSPS) is 53.0. The summed E-state index contributed by atoms with van der Waals surface area (Å²) in [6.45, 7) is 4.42. The second-order valence-electron chi connectivity index (χ2n) is 10.7. The van der Waals surface area contributed by atoms with Crippen LogP contribution >= 0.6 is 15.9 Å². The summed E-state index contributed by atoms with van der Waals surface area (Å²) in [5, 5.41) is 10.4. The highest BCUT2D eigenvalue weighted by Crippen LogP contribution is 2.72. The van der Waals surface area contributed by atoms with Crippen LogP contribution in [-0.2, 0) is 19.1 Å². The van der Waals surface area contributed by atoms with Gasteiger partial charge in [0.25, 0.3) is 0 Å². The highest BCUT2D eigenvalue weighted by atomic mass is 79.9. The van der Waals surface area contributed by atoms with Crippen molar-refractivity contribution in [3.63, 3.8) is 0 Å². The summed E-state index contributed by atoms with van der Waals surface area (Å²) < 4.78 is 11.4. The SMILES string of the molecule is CC(=O)OCC(=O)[C@H]1CC[C@H]2[C@@H]3C[C@H]4OC[C@@]5(CC[C@H](O)C[C@]45Br)[C@H]3CC[C@]12C. The third-order valence-electron chi connectivity index (χ3n) is 9.78. The molecule has 5 nitrogen and oxygen atoms in total. The summed E-state index contributed by atoms with van der Waals surface area (Å²) >= 11 is 4.13. The highest BCUT2D eigenvalue weighted by molar-refractivity contribution is 9.10. The number of esters is 1. The zero-order chi connectivity index (χ0) is 20.6. The summed E-state index contributed by atoms with van der Waals surface area (Å²) in [5.74, 6) is 1.47. The van der Waals surface area contributed by atoms with Gasteiger partial charge in [0.15, 0.2) is 5.78 Å². The Morgan fingerprint density at radius 3 is 2.72 bits per heavy atom. The van der Waals surface area contributed by atoms with E-state index in [9.17, 15) is 14.7 Å². The lowest BCUT2D eigenvalue weighted by Crippen LogP contribution is -2.63. The van der Waals surface area contributed by atoms with Crippen LogP contribution in [0.2, 0.25) is 0 Å². The van der Waals surface area contributed by atoms with Crippen molar-refractivity contribution in [2.45, 2.75) is 81.7 Å². The van der Waals surface area contributed by atoms with Gasteiger partial charge in [-0.05, 0) is 74.5 Å². The van der Waals surface area contributed by atoms with E-state index in [2.05, 4.69) is 22.9 Å². The number of halogens is 1. The number of carbonyl (C=O) groups is 2. The van der Waals surface area contributed by atoms with Crippen LogP contribution in [0, 0.1) is 34.5 Å². The zero-order valence-corrected chi connectivity index (χ0v) is 19.1. The molecule has 5 fully saturated rings. The topological polar surface area (TPSA) is 72.8 Å². The van der Waals surface area contributed by atoms with Gasteiger partial charge in [-0.2, -0.15) is 0 Å². The minimum absolute atomic E-state index is 0.00713. The predicted octanol–water partition coefficient (Wildman–Crippen LogP) is 3.64. The molecular weight excluding hydrogens is 436 g/mol. The number of rotatable bonds is 3. The first-order chi connectivity index (χ1) is 13.7. The van der Waals surface area contributed by atoms with Crippen molar-refractivity contribution >= 4 is 27.7 Å². The van der Waals surface area contributed by atoms with Crippen LogP contribution < -0.4 is 0 Å². The van der Waals surface area contributed by atoms with Crippen molar-refractivity contribution < 1.29 is 24.2 Å². The van der Waals surface area contributed by atoms with Crippen LogP contribution in [-0.4, -0.2) is 46.6 Å². The van der Waals surface area contributed by atoms with Gasteiger partial charge >= 0.3 is 5.97 Å². The zero-order valence-electron chi connectivity index (χ0n) is 17.5. The molecule has 9 atom stereocenters. The number of fused-ring (bicyclic) bond motifs is 3. The van der Waals surface area contributed by atoms with E-state index in [4.69, 9.17) is 9.47 Å². The maximum atomic E-state index is 12.9. The fourth-order valence-corrected chi connectivity index (χ4v) is 9.81. The van der Waals surface area contributed by atoms with Gasteiger partial charge in [0.1, 0.15) is 6.61 Å². The van der Waals surface area contributed by atoms with Crippen molar-refractivity contribution in [3.05, 3.63) is 0 Å². The first-order valence-corrected chi connectivity index (χ1v) is 12.2. The maximum Gasteiger partial charge on any atom is 0.303 e. The van der Waals surface area contributed by atoms with E-state index in [1.54, 1.807) is 0 Å². The lowest BCUT2D eigenvalue weighted by Gasteiger charge is -2.62. The Bertz CT molecular complexity index is 726. The number of aliphatic hydroxyl groups excluding tert-OH is 1. The molecule has 5 rings (SSSR count). The highest BCUT2D eigenvalue weighted by Gasteiger charge is 2.72. The van der Waals surface area contributed by atoms with Gasteiger partial charge in [-0.25, -0.2) is 0 Å². The van der Waals surface area contributed by atoms with Gasteiger partial charge in [-0.1, -0.05) is 22.9 Å². The van der Waals surface area contributed by atoms with Crippen LogP contribution in [0.5, 0.6) is 0 Å². The summed E-state index contributed by atoms with van der Waals surface area (Å²) in [7, 11) is 0. The number of ketones is 1. The fraction of sp³-hybridized carbons (Fsp3) is 0.913. The molecule has 2 bridgehead atoms. The van der Waals surface area contributed by atoms with Gasteiger partial charge in [-0.3, -0.25) is 9.59 Å². The van der Waals surface area contributed by atoms with E-state index in [1.165, 1.54) is 6.92 Å². The molecule has 4 saturated carbocycles. The molecule has 1 N–H and O–H groups in total. The molecule has 0 unspecified atom stereocenters. The third kappa shape index (κ3) is 2.70. The number of Topliss-reactive ketones (excluding diaryl/α,β-unsaturated/α-hetero) is 1. The lowest BCUT2D eigenvalue weighted by atomic mass is 9.44. The average Bonchev–Trinajstić information content (AvgIpc) is 3.08. The molecule has 0 spiro atoms. The van der Waals surface area contributed by atoms with Crippen molar-refractivity contribution in [2.24, 2.45) is 34.5 Å². The van der Waals surface area contributed by atoms with Crippen molar-refractivity contribution in [1.29, 1.82) is 0 Å². The van der Waals surface area contributed by atoms with Crippen molar-refractivity contribution in [2.75, 3.05) is 13.2 Å². The molecule has 0 aromatic heterocycles. The fourth-order valence-electron chi connectivity index (χ4n) is 8.51. The molecule has 0 aromatic carbocycles. The van der Waals surface area contributed by atoms with E-state index in [-0.39, 0.29) is 51.6 Å². The number of hydrogen-bond acceptors (Lipinski definition) is 5. The van der Waals surface area contributed by atoms with E-state index in [1.807, 2.05) is 0 Å². The minimum atomic E-state index is -0.380. The molecule has 6 heteroatoms. The number of aliphatic hydroxyl groups is 1. The average molecular weight is 469 g/mol. The molecule has 1 aliphatic heterocycles. The molecule has 1 saturated heterocycles. The van der Waals surface area contributed by atoms with Crippen molar-refractivity contribution in [1.82, 2.24) is 0 Å². The molecule has 0 amide bonds. The summed E-state index contributed by atoms with van der Waals surface area (Å²) in [6, 6.07) is 0. The first kappa shape index (κ1) is 20.4. The third-order valence-corrected chi connectivity index (χ3v) is 11.4. The summed E-state index contributed by atoms with van der Waals surface area (Å²) in [5.41, 5.74) is 0.135. The van der Waals surface area contributed by atoms with Crippen LogP contribution in [0.4, 0.5) is 0 Å². The van der Waals surface area contributed by atoms with E-state index >= 15 is 0 Å². The van der Waals surface area contributed by atoms with Gasteiger partial charge in [0, 0.05) is 18.3 Å². The second kappa shape index (κ2) is 6.77. The van der Waals surface area contributed by atoms with Crippen LogP contribution in [0.3, 0.4) is 0 Å². The number of hydrogen-bond donors (Lipinski definition) is 1. The molecule has 162 valence electrons. The Morgan fingerprint density at radius 2 is 1.97 bits per heavy atom. The van der Waals surface area contributed by atoms with E-state index < -0.39 is 0 Å². The molecule has 5 aliphatic rings. The van der Waals surface area contributed by atoms with Gasteiger partial charge in [0.2, 0.25) is 0 Å². The molecule has 29 heavy (non-hydrogen) atoms. The Morgan fingerprint density at radius 1 is 1.17 bits per heavy atom. The van der Waals surface area contributed by atoms with Gasteiger partial charge in [0.05, 0.1) is 23.1 Å². The molecule has 1 heterocycles. The summed E-state index contributed by atoms with van der Waals surface area (Å²) in [4.78, 5) is 24.1. The maximum absolute atomic E-state index is 12.9. The minimum Gasteiger partial charge on any atom is -0.458 e. The Labute approximate surface area is 181 Å². The standard InChI is InChI=1S/C23H33BrO5/c1-13(25)28-11-19(27)18-4-3-16-15-9-20-23(24)10-14(26)5-8-22(23,12-29-20)17(15)6-7-21(16,18)2/h14-18,20,26H,3-12H2,1-2H3/t14-,15-,16-,17-,18+,20+,21-,22-,23-/m0/s1. The number of ether oxygens (including phenoxy) is 2. The van der Waals surface area contributed by atoms with Gasteiger partial charge < -0.3 is 14.6 Å². The lowest BCUT2D eigenvalue weighted by molar-refractivity contribution is -0.150. The largest absolute Gasteiger partial charge is 0.458 e. The molecule has 0 radical (unpaired) electrons. The quantitative estimate of drug-likeness (QED) is 0.505. The van der Waals surface area contributed by atoms with E-state index in [0.29, 0.717) is 17.8 Å². The molecule has 0 aromatic rings. The smallest absolute Gasteiger partial charge is 0.303 e. The first-order valence-electron chi connectivity index (χ1n) is 11.4. The predicted molar refractivity (Wildman–Crippen MR) is 110 cm³/mol. The molecule has 4 aliphatic carbocycles. The Hall–Kier alpha value is -0.460. The molecular formula is C23H33BrO5. The van der Waals surface area contributed by atoms with Gasteiger partial charge in [-0.15, -0.1) is 0 Å². The summed E-state index contributed by atoms with van der Waals surface area (Å²) in [6.07, 6.45) is 7.89. The second-order valence-corrected chi connectivity index (χ2v) is 12.2. The number of carbonyl (C=O) groups excluding carboxylic acids is 2. The van der Waals surface area contributed by atoms with Crippen LogP contribution in [0.25, 0.3) is 0 Å². The Balaban J connectivity index is 1.41. The Kier molecular flexibility index (Phi) is 4.77. The monoisotopic (exact) mass is 468 g/mol. The van der Waals surface area contributed by atoms with Crippen LogP contribution in [0.1, 0.15) is 65.2 Å². The van der Waals surface area contributed by atoms with Crippen molar-refractivity contribution in [3.8, 4) is 0 Å². The van der Waals surface area contributed by atoms with Crippen LogP contribution in [0.15, 0.2) is 0 Å². The van der Waals surface area contributed by atoms with E-state index in [0.717, 1.165) is 58.0 Å².